The highest BCUT2D eigenvalue weighted by atomic mass is 16.2. The van der Waals surface area contributed by atoms with E-state index in [2.05, 4.69) is 22.5 Å². The summed E-state index contributed by atoms with van der Waals surface area (Å²) in [5, 5.41) is 6.03. The van der Waals surface area contributed by atoms with Crippen LogP contribution in [0.4, 0.5) is 4.79 Å². The van der Waals surface area contributed by atoms with E-state index in [1.54, 1.807) is 17.4 Å². The number of imidazole rings is 1. The van der Waals surface area contributed by atoms with Gasteiger partial charge in [0.25, 0.3) is 0 Å². The van der Waals surface area contributed by atoms with E-state index in [-0.39, 0.29) is 29.9 Å². The summed E-state index contributed by atoms with van der Waals surface area (Å²) in [5.74, 6) is -0.0348. The second kappa shape index (κ2) is 9.44. The van der Waals surface area contributed by atoms with Gasteiger partial charge in [-0.15, -0.1) is 0 Å². The van der Waals surface area contributed by atoms with E-state index >= 15 is 0 Å². The maximum absolute atomic E-state index is 12.6. The molecule has 7 nitrogen and oxygen atoms in total. The summed E-state index contributed by atoms with van der Waals surface area (Å²) in [5.41, 5.74) is 0. The van der Waals surface area contributed by atoms with Crippen molar-refractivity contribution in [1.29, 1.82) is 0 Å². The summed E-state index contributed by atoms with van der Waals surface area (Å²) >= 11 is 0. The van der Waals surface area contributed by atoms with Gasteiger partial charge in [0.05, 0.1) is 12.2 Å². The quantitative estimate of drug-likeness (QED) is 0.739. The topological polar surface area (TPSA) is 79.3 Å². The highest BCUT2D eigenvalue weighted by Crippen LogP contribution is 2.22. The van der Waals surface area contributed by atoms with E-state index in [9.17, 15) is 9.59 Å². The predicted octanol–water partition coefficient (Wildman–Crippen LogP) is 2.00. The first-order chi connectivity index (χ1) is 12.0. The van der Waals surface area contributed by atoms with Gasteiger partial charge >= 0.3 is 6.03 Å². The Morgan fingerprint density at radius 3 is 2.84 bits per heavy atom. The summed E-state index contributed by atoms with van der Waals surface area (Å²) in [6.45, 7) is 8.01. The number of piperidine rings is 1. The van der Waals surface area contributed by atoms with Crippen molar-refractivity contribution >= 4 is 11.9 Å². The number of hydrogen-bond donors (Lipinski definition) is 2. The van der Waals surface area contributed by atoms with Crippen LogP contribution in [0.2, 0.25) is 0 Å². The molecule has 0 unspecified atom stereocenters. The SMILES string of the molecule is CCCCNC(=O)[C@@H]1CC[C@H](C)N(C(=O)N[C@@H](C)Cn2ccnc2)C1. The molecule has 2 N–H and O–H groups in total. The molecule has 3 amide bonds. The summed E-state index contributed by atoms with van der Waals surface area (Å²) in [6.07, 6.45) is 9.09. The Kier molecular flexibility index (Phi) is 7.28. The van der Waals surface area contributed by atoms with Crippen LogP contribution in [0.3, 0.4) is 0 Å². The number of urea groups is 1. The fraction of sp³-hybridized carbons (Fsp3) is 0.722. The van der Waals surface area contributed by atoms with Gasteiger partial charge in [-0.2, -0.15) is 0 Å². The van der Waals surface area contributed by atoms with E-state index in [4.69, 9.17) is 0 Å². The maximum Gasteiger partial charge on any atom is 0.317 e. The van der Waals surface area contributed by atoms with Gasteiger partial charge in [-0.25, -0.2) is 9.78 Å². The van der Waals surface area contributed by atoms with Crippen molar-refractivity contribution in [2.24, 2.45) is 5.92 Å². The minimum atomic E-state index is -0.109. The minimum absolute atomic E-state index is 0.00680. The van der Waals surface area contributed by atoms with Crippen molar-refractivity contribution in [1.82, 2.24) is 25.1 Å². The van der Waals surface area contributed by atoms with Crippen LogP contribution in [0.5, 0.6) is 0 Å². The van der Waals surface area contributed by atoms with Gasteiger partial charge in [-0.1, -0.05) is 13.3 Å². The van der Waals surface area contributed by atoms with Crippen LogP contribution in [0.15, 0.2) is 18.7 Å². The molecule has 1 saturated heterocycles. The first-order valence-corrected chi connectivity index (χ1v) is 9.31. The van der Waals surface area contributed by atoms with Crippen LogP contribution < -0.4 is 10.6 Å². The molecule has 0 aliphatic carbocycles. The molecule has 0 bridgehead atoms. The largest absolute Gasteiger partial charge is 0.356 e. The smallest absolute Gasteiger partial charge is 0.317 e. The zero-order valence-corrected chi connectivity index (χ0v) is 15.6. The Morgan fingerprint density at radius 2 is 2.16 bits per heavy atom. The highest BCUT2D eigenvalue weighted by Gasteiger charge is 2.32. The molecule has 1 aromatic heterocycles. The Morgan fingerprint density at radius 1 is 1.36 bits per heavy atom. The number of nitrogens with zero attached hydrogens (tertiary/aromatic N) is 3. The summed E-state index contributed by atoms with van der Waals surface area (Å²) in [6, 6.07) is 0.0546. The molecule has 3 atom stereocenters. The van der Waals surface area contributed by atoms with Crippen molar-refractivity contribution in [3.8, 4) is 0 Å². The van der Waals surface area contributed by atoms with Crippen LogP contribution in [-0.4, -0.2) is 51.6 Å². The summed E-state index contributed by atoms with van der Waals surface area (Å²) < 4.78 is 1.94. The number of unbranched alkanes of at least 4 members (excludes halogenated alkanes) is 1. The monoisotopic (exact) mass is 349 g/mol. The van der Waals surface area contributed by atoms with E-state index in [1.165, 1.54) is 0 Å². The molecule has 0 spiro atoms. The van der Waals surface area contributed by atoms with Gasteiger partial charge in [0.1, 0.15) is 0 Å². The van der Waals surface area contributed by atoms with Crippen molar-refractivity contribution in [2.75, 3.05) is 13.1 Å². The predicted molar refractivity (Wildman–Crippen MR) is 97.0 cm³/mol. The molecule has 140 valence electrons. The maximum atomic E-state index is 12.6. The third kappa shape index (κ3) is 5.76. The van der Waals surface area contributed by atoms with Crippen LogP contribution in [0.25, 0.3) is 0 Å². The average molecular weight is 349 g/mol. The van der Waals surface area contributed by atoms with Crippen molar-refractivity contribution < 1.29 is 9.59 Å². The lowest BCUT2D eigenvalue weighted by molar-refractivity contribution is -0.126. The Bertz CT molecular complexity index is 546. The third-order valence-electron chi connectivity index (χ3n) is 4.76. The number of amides is 3. The second-order valence-electron chi connectivity index (χ2n) is 7.03. The normalized spacial score (nSPS) is 21.6. The van der Waals surface area contributed by atoms with E-state index in [0.29, 0.717) is 13.1 Å². The average Bonchev–Trinajstić information content (AvgIpc) is 3.08. The second-order valence-corrected chi connectivity index (χ2v) is 7.03. The van der Waals surface area contributed by atoms with Gasteiger partial charge in [0.2, 0.25) is 5.91 Å². The van der Waals surface area contributed by atoms with Crippen molar-refractivity contribution in [2.45, 2.75) is 65.1 Å². The number of likely N-dealkylation sites (tertiary alicyclic amines) is 1. The molecule has 0 saturated carbocycles. The van der Waals surface area contributed by atoms with Crippen LogP contribution >= 0.6 is 0 Å². The van der Waals surface area contributed by atoms with Gasteiger partial charge in [0.15, 0.2) is 0 Å². The molecule has 1 aliphatic rings. The molecular formula is C18H31N5O2. The lowest BCUT2D eigenvalue weighted by Crippen LogP contribution is -2.54. The van der Waals surface area contributed by atoms with Crippen molar-refractivity contribution in [3.63, 3.8) is 0 Å². The molecule has 2 heterocycles. The van der Waals surface area contributed by atoms with E-state index in [1.807, 2.05) is 24.6 Å². The number of aromatic nitrogens is 2. The lowest BCUT2D eigenvalue weighted by atomic mass is 9.93. The van der Waals surface area contributed by atoms with Gasteiger partial charge in [-0.3, -0.25) is 4.79 Å². The Balaban J connectivity index is 1.85. The summed E-state index contributed by atoms with van der Waals surface area (Å²) in [4.78, 5) is 30.8. The summed E-state index contributed by atoms with van der Waals surface area (Å²) in [7, 11) is 0. The molecule has 1 aromatic rings. The van der Waals surface area contributed by atoms with Gasteiger partial charge in [-0.05, 0) is 33.1 Å². The lowest BCUT2D eigenvalue weighted by Gasteiger charge is -2.38. The number of carbonyl (C=O) groups is 2. The standard InChI is InChI=1S/C18H31N5O2/c1-4-5-8-20-17(24)16-7-6-15(3)23(12-16)18(25)21-14(2)11-22-10-9-19-13-22/h9-10,13-16H,4-8,11-12H2,1-3H3,(H,20,24)(H,21,25)/t14-,15-,16+/m0/s1. The van der Waals surface area contributed by atoms with E-state index in [0.717, 1.165) is 32.2 Å². The molecule has 1 fully saturated rings. The van der Waals surface area contributed by atoms with Crippen molar-refractivity contribution in [3.05, 3.63) is 18.7 Å². The van der Waals surface area contributed by atoms with Crippen LogP contribution in [0, 0.1) is 5.92 Å². The van der Waals surface area contributed by atoms with Gasteiger partial charge in [0, 0.05) is 44.1 Å². The Labute approximate surface area is 150 Å². The third-order valence-corrected chi connectivity index (χ3v) is 4.76. The molecule has 7 heteroatoms. The first kappa shape index (κ1) is 19.3. The first-order valence-electron chi connectivity index (χ1n) is 9.31. The molecule has 0 aromatic carbocycles. The van der Waals surface area contributed by atoms with Gasteiger partial charge < -0.3 is 20.1 Å². The molecule has 0 radical (unpaired) electrons. The number of nitrogens with one attached hydrogen (secondary N) is 2. The fourth-order valence-corrected chi connectivity index (χ4v) is 3.19. The number of hydrogen-bond acceptors (Lipinski definition) is 3. The molecule has 1 aliphatic heterocycles. The zero-order chi connectivity index (χ0) is 18.2. The van der Waals surface area contributed by atoms with Crippen LogP contribution in [0.1, 0.15) is 46.5 Å². The Hall–Kier alpha value is -2.05. The molecular weight excluding hydrogens is 318 g/mol. The van der Waals surface area contributed by atoms with E-state index < -0.39 is 0 Å². The number of rotatable bonds is 7. The fourth-order valence-electron chi connectivity index (χ4n) is 3.19. The highest BCUT2D eigenvalue weighted by molar-refractivity contribution is 5.81. The zero-order valence-electron chi connectivity index (χ0n) is 15.6. The molecule has 2 rings (SSSR count). The minimum Gasteiger partial charge on any atom is -0.356 e. The number of carbonyl (C=O) groups excluding carboxylic acids is 2. The molecule has 25 heavy (non-hydrogen) atoms. The van der Waals surface area contributed by atoms with Crippen LogP contribution in [-0.2, 0) is 11.3 Å².